The van der Waals surface area contributed by atoms with Crippen molar-refractivity contribution in [3.8, 4) is 45.3 Å². The molecule has 0 amide bonds. The molecule has 0 spiro atoms. The highest BCUT2D eigenvalue weighted by molar-refractivity contribution is 6.88. The molecule has 37 heavy (non-hydrogen) atoms. The Morgan fingerprint density at radius 3 is 2.24 bits per heavy atom. The Hall–Kier alpha value is -4.28. The maximum absolute atomic E-state index is 6.51. The number of benzene rings is 5. The lowest BCUT2D eigenvalue weighted by atomic mass is 9.96. The molecule has 0 fully saturated rings. The van der Waals surface area contributed by atoms with Crippen molar-refractivity contribution in [3.05, 3.63) is 103 Å². The summed E-state index contributed by atoms with van der Waals surface area (Å²) in [6.45, 7) is 7.15. The molecule has 7 rings (SSSR count). The van der Waals surface area contributed by atoms with Crippen molar-refractivity contribution < 1.29 is 4.74 Å². The summed E-state index contributed by atoms with van der Waals surface area (Å²) < 4.78 is 6.51. The van der Waals surface area contributed by atoms with Gasteiger partial charge in [0.05, 0.1) is 24.7 Å². The zero-order valence-electron chi connectivity index (χ0n) is 21.1. The number of hydrogen-bond acceptors (Lipinski definition) is 3. The Morgan fingerprint density at radius 1 is 0.622 bits per heavy atom. The van der Waals surface area contributed by atoms with E-state index >= 15 is 0 Å². The van der Waals surface area contributed by atoms with Crippen LogP contribution in [0.5, 0.6) is 11.5 Å². The molecule has 0 radical (unpaired) electrons. The maximum atomic E-state index is 6.51. The molecular weight excluding hydrogens is 468 g/mol. The summed E-state index contributed by atoms with van der Waals surface area (Å²) in [6, 6.07) is 36.1. The minimum atomic E-state index is -1.42. The molecule has 0 aliphatic carbocycles. The smallest absolute Gasteiger partial charge is 0.160 e. The number of ether oxygens (including phenoxy) is 1. The molecule has 0 saturated heterocycles. The van der Waals surface area contributed by atoms with Gasteiger partial charge in [-0.2, -0.15) is 0 Å². The number of hydrogen-bond donors (Lipinski definition) is 0. The summed E-state index contributed by atoms with van der Waals surface area (Å²) in [5, 5.41) is 4.89. The highest BCUT2D eigenvalue weighted by atomic mass is 28.3. The van der Waals surface area contributed by atoms with Gasteiger partial charge in [0.2, 0.25) is 0 Å². The summed E-state index contributed by atoms with van der Waals surface area (Å²) in [5.74, 6) is 2.38. The van der Waals surface area contributed by atoms with Gasteiger partial charge in [-0.15, -0.1) is 0 Å². The first kappa shape index (κ1) is 22.0. The van der Waals surface area contributed by atoms with Crippen molar-refractivity contribution in [1.82, 2.24) is 9.97 Å². The van der Waals surface area contributed by atoms with Crippen molar-refractivity contribution in [2.75, 3.05) is 0 Å². The molecule has 178 valence electrons. The van der Waals surface area contributed by atoms with Gasteiger partial charge >= 0.3 is 0 Å². The molecule has 0 N–H and O–H groups in total. The van der Waals surface area contributed by atoms with Gasteiger partial charge in [0.15, 0.2) is 5.82 Å². The lowest BCUT2D eigenvalue weighted by molar-refractivity contribution is 0.488. The lowest BCUT2D eigenvalue weighted by Crippen LogP contribution is -2.37. The fourth-order valence-electron chi connectivity index (χ4n) is 5.18. The van der Waals surface area contributed by atoms with E-state index in [2.05, 4.69) is 98.5 Å². The minimum absolute atomic E-state index is 0.734. The Labute approximate surface area is 217 Å². The monoisotopic (exact) mass is 494 g/mol. The molecule has 2 heterocycles. The second kappa shape index (κ2) is 8.12. The summed E-state index contributed by atoms with van der Waals surface area (Å²) in [5.41, 5.74) is 5.99. The van der Waals surface area contributed by atoms with E-state index in [0.29, 0.717) is 0 Å². The highest BCUT2D eigenvalue weighted by Crippen LogP contribution is 2.49. The second-order valence-corrected chi connectivity index (χ2v) is 15.8. The van der Waals surface area contributed by atoms with Crippen molar-refractivity contribution in [2.24, 2.45) is 0 Å². The molecule has 5 aromatic carbocycles. The molecule has 0 saturated carbocycles. The number of fused-ring (bicyclic) bond motifs is 3. The highest BCUT2D eigenvalue weighted by Gasteiger charge is 2.26. The number of para-hydroxylation sites is 1. The summed E-state index contributed by atoms with van der Waals surface area (Å²) in [7, 11) is -1.42. The predicted molar refractivity (Wildman–Crippen MR) is 156 cm³/mol. The van der Waals surface area contributed by atoms with Crippen LogP contribution in [0.4, 0.5) is 0 Å². The van der Waals surface area contributed by atoms with Crippen LogP contribution in [0.3, 0.4) is 0 Å². The van der Waals surface area contributed by atoms with E-state index in [9.17, 15) is 0 Å². The molecule has 6 aromatic rings. The van der Waals surface area contributed by atoms with Gasteiger partial charge in [0, 0.05) is 16.7 Å². The first-order chi connectivity index (χ1) is 18.0. The number of nitrogens with zero attached hydrogens (tertiary/aromatic N) is 2. The molecule has 0 unspecified atom stereocenters. The number of aromatic nitrogens is 2. The Kier molecular flexibility index (Phi) is 4.82. The van der Waals surface area contributed by atoms with Crippen molar-refractivity contribution in [2.45, 2.75) is 19.6 Å². The standard InChI is InChI=1S/C33H26N2OSi/c1-37(2,3)25-16-15-21-13-14-23(19-24(21)20-25)33-34-28-18-17-26(22-9-5-4-6-10-22)32-30(28)31(35-33)27-11-7-8-12-29(27)36-32/h4-20H,1-3H3. The van der Waals surface area contributed by atoms with Gasteiger partial charge in [-0.3, -0.25) is 0 Å². The summed E-state index contributed by atoms with van der Waals surface area (Å²) in [6.07, 6.45) is 0. The van der Waals surface area contributed by atoms with E-state index in [4.69, 9.17) is 14.7 Å². The van der Waals surface area contributed by atoms with Crippen LogP contribution in [-0.2, 0) is 0 Å². The Morgan fingerprint density at radius 2 is 1.41 bits per heavy atom. The van der Waals surface area contributed by atoms with Crippen LogP contribution in [-0.4, -0.2) is 18.0 Å². The van der Waals surface area contributed by atoms with Crippen LogP contribution in [0, 0.1) is 0 Å². The summed E-state index contributed by atoms with van der Waals surface area (Å²) in [4.78, 5) is 10.2. The van der Waals surface area contributed by atoms with Crippen LogP contribution in [0.25, 0.3) is 55.4 Å². The average Bonchev–Trinajstić information content (AvgIpc) is 2.92. The third-order valence-corrected chi connectivity index (χ3v) is 9.26. The zero-order valence-corrected chi connectivity index (χ0v) is 22.1. The number of rotatable bonds is 3. The average molecular weight is 495 g/mol. The summed E-state index contributed by atoms with van der Waals surface area (Å²) >= 11 is 0. The molecule has 4 heteroatoms. The van der Waals surface area contributed by atoms with Crippen molar-refractivity contribution >= 4 is 34.9 Å². The van der Waals surface area contributed by atoms with Gasteiger partial charge in [-0.1, -0.05) is 97.6 Å². The van der Waals surface area contributed by atoms with Gasteiger partial charge in [-0.05, 0) is 46.7 Å². The van der Waals surface area contributed by atoms with Crippen LogP contribution < -0.4 is 9.92 Å². The predicted octanol–water partition coefficient (Wildman–Crippen LogP) is 8.43. The Balaban J connectivity index is 1.47. The molecule has 0 atom stereocenters. The van der Waals surface area contributed by atoms with Gasteiger partial charge < -0.3 is 4.74 Å². The van der Waals surface area contributed by atoms with E-state index in [1.807, 2.05) is 24.3 Å². The van der Waals surface area contributed by atoms with E-state index in [0.717, 1.165) is 56.2 Å². The van der Waals surface area contributed by atoms with Gasteiger partial charge in [0.25, 0.3) is 0 Å². The SMILES string of the molecule is C[Si](C)(C)c1ccc2ccc(-c3nc4c5c(c(-c6ccccc6)ccc5n3)Oc3ccccc3-4)cc2c1. The van der Waals surface area contributed by atoms with E-state index in [-0.39, 0.29) is 0 Å². The third kappa shape index (κ3) is 3.64. The molecule has 1 aromatic heterocycles. The van der Waals surface area contributed by atoms with E-state index in [1.54, 1.807) is 0 Å². The fraction of sp³-hybridized carbons (Fsp3) is 0.0909. The van der Waals surface area contributed by atoms with Crippen LogP contribution in [0.15, 0.2) is 103 Å². The first-order valence-electron chi connectivity index (χ1n) is 12.7. The van der Waals surface area contributed by atoms with Crippen LogP contribution >= 0.6 is 0 Å². The van der Waals surface area contributed by atoms with Crippen LogP contribution in [0.2, 0.25) is 19.6 Å². The van der Waals surface area contributed by atoms with Crippen molar-refractivity contribution in [1.29, 1.82) is 0 Å². The van der Waals surface area contributed by atoms with Crippen molar-refractivity contribution in [3.63, 3.8) is 0 Å². The molecule has 0 bridgehead atoms. The molecular formula is C33H26N2OSi. The van der Waals surface area contributed by atoms with Gasteiger partial charge in [-0.25, -0.2) is 9.97 Å². The van der Waals surface area contributed by atoms with E-state index in [1.165, 1.54) is 16.0 Å². The molecule has 1 aliphatic rings. The molecule has 3 nitrogen and oxygen atoms in total. The minimum Gasteiger partial charge on any atom is -0.455 e. The zero-order chi connectivity index (χ0) is 25.1. The van der Waals surface area contributed by atoms with E-state index < -0.39 is 8.07 Å². The topological polar surface area (TPSA) is 35.0 Å². The maximum Gasteiger partial charge on any atom is 0.160 e. The lowest BCUT2D eigenvalue weighted by Gasteiger charge is -2.23. The quantitative estimate of drug-likeness (QED) is 0.231. The Bertz CT molecular complexity index is 1840. The first-order valence-corrected chi connectivity index (χ1v) is 16.2. The second-order valence-electron chi connectivity index (χ2n) is 10.7. The largest absolute Gasteiger partial charge is 0.455 e. The normalized spacial score (nSPS) is 12.4. The van der Waals surface area contributed by atoms with Crippen LogP contribution in [0.1, 0.15) is 0 Å². The molecule has 1 aliphatic heterocycles. The fourth-order valence-corrected chi connectivity index (χ4v) is 6.36. The third-order valence-electron chi connectivity index (χ3n) is 7.22. The van der Waals surface area contributed by atoms with Gasteiger partial charge in [0.1, 0.15) is 11.5 Å².